The van der Waals surface area contributed by atoms with Crippen LogP contribution in [0.25, 0.3) is 10.8 Å². The lowest BCUT2D eigenvalue weighted by Gasteiger charge is -2.04. The Morgan fingerprint density at radius 3 is 2.27 bits per heavy atom. The van der Waals surface area contributed by atoms with Crippen LogP contribution < -0.4 is 16.2 Å². The first-order valence-corrected chi connectivity index (χ1v) is 9.02. The van der Waals surface area contributed by atoms with Gasteiger partial charge in [-0.3, -0.25) is 15.0 Å². The summed E-state index contributed by atoms with van der Waals surface area (Å²) in [6.07, 6.45) is 0. The Morgan fingerprint density at radius 1 is 0.909 bits per heavy atom. The fourth-order valence-electron chi connectivity index (χ4n) is 2.43. The molecule has 3 nitrogen and oxygen atoms in total. The van der Waals surface area contributed by atoms with Crippen LogP contribution in [-0.4, -0.2) is 0 Å². The van der Waals surface area contributed by atoms with Gasteiger partial charge in [-0.05, 0) is 43.2 Å². The molecule has 3 rings (SSSR count). The summed E-state index contributed by atoms with van der Waals surface area (Å²) in [4.78, 5) is 25.3. The average molecular weight is 403 g/mol. The summed E-state index contributed by atoms with van der Waals surface area (Å²) in [6.45, 7) is 3.80. The predicted octanol–water partition coefficient (Wildman–Crippen LogP) is 2.90. The van der Waals surface area contributed by atoms with Crippen LogP contribution >= 0.6 is 20.7 Å². The van der Waals surface area contributed by atoms with Crippen molar-refractivity contribution in [2.75, 3.05) is 0 Å². The molecule has 1 N–H and O–H groups in total. The molecule has 3 aromatic carbocycles. The predicted molar refractivity (Wildman–Crippen MR) is 96.6 cm³/mol. The Balaban J connectivity index is 2.56. The molecule has 4 heteroatoms. The van der Waals surface area contributed by atoms with Gasteiger partial charge in [0.1, 0.15) is 5.36 Å². The molecular formula is C18H14INO2. The van der Waals surface area contributed by atoms with Crippen molar-refractivity contribution in [1.29, 1.82) is 5.41 Å². The molecule has 110 valence electrons. The zero-order valence-corrected chi connectivity index (χ0v) is 14.4. The molecule has 0 radical (unpaired) electrons. The zero-order chi connectivity index (χ0) is 15.9. The van der Waals surface area contributed by atoms with E-state index in [1.807, 2.05) is 50.2 Å². The summed E-state index contributed by atoms with van der Waals surface area (Å²) in [6, 6.07) is 13.1. The molecular weight excluding hydrogens is 389 g/mol. The molecule has 0 fully saturated rings. The van der Waals surface area contributed by atoms with Gasteiger partial charge < -0.3 is 0 Å². The largest absolute Gasteiger partial charge is 0.296 e. The third-order valence-electron chi connectivity index (χ3n) is 3.79. The average Bonchev–Trinajstić information content (AvgIpc) is 2.53. The van der Waals surface area contributed by atoms with E-state index in [0.29, 0.717) is 13.9 Å². The highest BCUT2D eigenvalue weighted by Crippen LogP contribution is 2.17. The van der Waals surface area contributed by atoms with E-state index >= 15 is 0 Å². The number of hydrogen-bond donors (Lipinski definition) is 1. The maximum atomic E-state index is 12.8. The summed E-state index contributed by atoms with van der Waals surface area (Å²) >= 11 is -0.829. The van der Waals surface area contributed by atoms with Crippen LogP contribution in [0, 0.1) is 26.0 Å². The van der Waals surface area contributed by atoms with E-state index in [4.69, 9.17) is 5.41 Å². The van der Waals surface area contributed by atoms with Gasteiger partial charge in [0.25, 0.3) is 0 Å². The molecule has 0 aromatic heterocycles. The number of aryl methyl sites for hydroxylation is 2. The molecule has 0 bridgehead atoms. The first kappa shape index (κ1) is 15.0. The number of rotatable bonds is 1. The number of halogens is 1. The molecule has 0 saturated heterocycles. The lowest BCUT2D eigenvalue weighted by molar-refractivity contribution is 1.22. The van der Waals surface area contributed by atoms with Crippen LogP contribution in [0.5, 0.6) is 0 Å². The standard InChI is InChI=1S/C18H14INO2/c1-10-8-9-13-14(11(10)2)18(22)15(16(20)17(13)21)19-12-6-4-3-5-7-12/h3-9,20H,1-2H3. The lowest BCUT2D eigenvalue weighted by atomic mass is 10.0. The number of nitrogens with one attached hydrogen (secondary N) is 1. The lowest BCUT2D eigenvalue weighted by Crippen LogP contribution is -2.31. The van der Waals surface area contributed by atoms with E-state index in [9.17, 15) is 9.59 Å². The summed E-state index contributed by atoms with van der Waals surface area (Å²) in [5.74, 6) is 0. The minimum absolute atomic E-state index is 0.127. The zero-order valence-electron chi connectivity index (χ0n) is 12.2. The van der Waals surface area contributed by atoms with E-state index in [0.717, 1.165) is 14.7 Å². The fraction of sp³-hybridized carbons (Fsp3) is 0.111. The quantitative estimate of drug-likeness (QED) is 0.636. The van der Waals surface area contributed by atoms with Crippen molar-refractivity contribution in [2.45, 2.75) is 13.8 Å². The van der Waals surface area contributed by atoms with E-state index in [1.165, 1.54) is 0 Å². The topological polar surface area (TPSA) is 58.0 Å². The van der Waals surface area contributed by atoms with Crippen LogP contribution in [0.15, 0.2) is 52.1 Å². The monoisotopic (exact) mass is 403 g/mol. The highest BCUT2D eigenvalue weighted by Gasteiger charge is 2.11. The molecule has 3 aromatic rings. The Bertz CT molecular complexity index is 1090. The van der Waals surface area contributed by atoms with Gasteiger partial charge >= 0.3 is 0 Å². The van der Waals surface area contributed by atoms with Crippen molar-refractivity contribution >= 4 is 31.5 Å². The van der Waals surface area contributed by atoms with Crippen molar-refractivity contribution in [2.24, 2.45) is 0 Å². The van der Waals surface area contributed by atoms with Crippen LogP contribution in [0.2, 0.25) is 0 Å². The summed E-state index contributed by atoms with van der Waals surface area (Å²) in [7, 11) is 0. The van der Waals surface area contributed by atoms with Crippen molar-refractivity contribution in [3.63, 3.8) is 0 Å². The Hall–Kier alpha value is -1.95. The first-order chi connectivity index (χ1) is 10.5. The second-order valence-electron chi connectivity index (χ2n) is 5.17. The fourth-order valence-corrected chi connectivity index (χ4v) is 4.86. The molecule has 0 aliphatic rings. The third kappa shape index (κ3) is 2.37. The van der Waals surface area contributed by atoms with E-state index in [2.05, 4.69) is 0 Å². The van der Waals surface area contributed by atoms with E-state index in [1.54, 1.807) is 6.07 Å². The van der Waals surface area contributed by atoms with Crippen LogP contribution in [0.4, 0.5) is 0 Å². The molecule has 22 heavy (non-hydrogen) atoms. The number of fused-ring (bicyclic) bond motifs is 1. The minimum Gasteiger partial charge on any atom is -0.296 e. The Kier molecular flexibility index (Phi) is 3.87. The second kappa shape index (κ2) is 5.68. The van der Waals surface area contributed by atoms with Crippen LogP contribution in [-0.2, 0) is 0 Å². The highest BCUT2D eigenvalue weighted by molar-refractivity contribution is 14.2. The van der Waals surface area contributed by atoms with Gasteiger partial charge in [0, 0.05) is 14.3 Å². The molecule has 0 heterocycles. The minimum atomic E-state index is -0.829. The molecule has 0 spiro atoms. The van der Waals surface area contributed by atoms with Gasteiger partial charge in [0.05, 0.1) is 3.15 Å². The van der Waals surface area contributed by atoms with Crippen molar-refractivity contribution in [1.82, 2.24) is 0 Å². The Labute approximate surface area is 136 Å². The summed E-state index contributed by atoms with van der Waals surface area (Å²) in [5, 5.41) is 8.85. The second-order valence-corrected chi connectivity index (χ2v) is 8.03. The summed E-state index contributed by atoms with van der Waals surface area (Å²) in [5.41, 5.74) is 1.37. The number of benzene rings is 3. The smallest absolute Gasteiger partial charge is 0.212 e. The van der Waals surface area contributed by atoms with Crippen molar-refractivity contribution in [3.8, 4) is 0 Å². The highest BCUT2D eigenvalue weighted by atomic mass is 127. The van der Waals surface area contributed by atoms with Gasteiger partial charge in [-0.25, -0.2) is 0 Å². The maximum absolute atomic E-state index is 12.8. The van der Waals surface area contributed by atoms with E-state index in [-0.39, 0.29) is 16.2 Å². The van der Waals surface area contributed by atoms with Gasteiger partial charge in [-0.2, -0.15) is 0 Å². The maximum Gasteiger partial charge on any atom is 0.212 e. The van der Waals surface area contributed by atoms with Gasteiger partial charge in [-0.15, -0.1) is 0 Å². The Morgan fingerprint density at radius 2 is 1.59 bits per heavy atom. The van der Waals surface area contributed by atoms with Crippen molar-refractivity contribution in [3.05, 3.63) is 86.1 Å². The SMILES string of the molecule is Cc1ccc2c(=O)c(=N)c(=Ic3ccccc3)c(=O)c2c1C. The number of hydrogen-bond acceptors (Lipinski definition) is 3. The summed E-state index contributed by atoms with van der Waals surface area (Å²) < 4.78 is 1.44. The van der Waals surface area contributed by atoms with Gasteiger partial charge in [-0.1, -0.05) is 45.0 Å². The van der Waals surface area contributed by atoms with Gasteiger partial charge in [0.15, 0.2) is 0 Å². The first-order valence-electron chi connectivity index (χ1n) is 6.86. The van der Waals surface area contributed by atoms with Crippen LogP contribution in [0.1, 0.15) is 11.1 Å². The van der Waals surface area contributed by atoms with Crippen LogP contribution in [0.3, 0.4) is 0 Å². The molecule has 0 atom stereocenters. The molecule has 0 aliphatic heterocycles. The third-order valence-corrected chi connectivity index (χ3v) is 6.70. The normalized spacial score (nSPS) is 12.4. The molecule has 0 amide bonds. The van der Waals surface area contributed by atoms with E-state index < -0.39 is 20.7 Å². The van der Waals surface area contributed by atoms with Gasteiger partial charge in [0.2, 0.25) is 10.9 Å². The molecule has 0 saturated carbocycles. The molecule has 0 unspecified atom stereocenters. The van der Waals surface area contributed by atoms with Crippen molar-refractivity contribution < 1.29 is 0 Å². The molecule has 0 aliphatic carbocycles.